The Hall–Kier alpha value is -1.13. The van der Waals surface area contributed by atoms with Crippen LogP contribution >= 0.6 is 15.9 Å². The van der Waals surface area contributed by atoms with Crippen molar-refractivity contribution in [1.82, 2.24) is 15.1 Å². The molecule has 0 aliphatic rings. The molecule has 1 N–H and O–H groups in total. The van der Waals surface area contributed by atoms with Gasteiger partial charge in [0.2, 0.25) is 0 Å². The number of benzene rings is 1. The fourth-order valence-electron chi connectivity index (χ4n) is 1.95. The van der Waals surface area contributed by atoms with Crippen molar-refractivity contribution in [3.05, 3.63) is 52.3 Å². The van der Waals surface area contributed by atoms with Gasteiger partial charge in [-0.1, -0.05) is 41.9 Å². The molecule has 0 fully saturated rings. The van der Waals surface area contributed by atoms with Crippen molar-refractivity contribution in [1.29, 1.82) is 0 Å². The Morgan fingerprint density at radius 2 is 2.16 bits per heavy atom. The standard InChI is InChI=1S/C15H20BrN3/c1-12(2)9-17-10-15-6-7-18-19(15)11-13-4-3-5-14(16)8-13/h3-8,12,17H,9-11H2,1-2H3. The first-order valence-corrected chi connectivity index (χ1v) is 7.40. The second-order valence-corrected chi connectivity index (χ2v) is 6.05. The summed E-state index contributed by atoms with van der Waals surface area (Å²) in [4.78, 5) is 0. The van der Waals surface area contributed by atoms with Crippen molar-refractivity contribution in [3.8, 4) is 0 Å². The SMILES string of the molecule is CC(C)CNCc1ccnn1Cc1cccc(Br)c1. The second kappa shape index (κ2) is 6.87. The molecule has 102 valence electrons. The fraction of sp³-hybridized carbons (Fsp3) is 0.400. The average Bonchev–Trinajstić information content (AvgIpc) is 2.76. The number of aromatic nitrogens is 2. The van der Waals surface area contributed by atoms with Crippen LogP contribution in [0, 0.1) is 5.92 Å². The molecule has 3 nitrogen and oxygen atoms in total. The van der Waals surface area contributed by atoms with Crippen LogP contribution < -0.4 is 5.32 Å². The first-order valence-electron chi connectivity index (χ1n) is 6.61. The summed E-state index contributed by atoms with van der Waals surface area (Å²) in [7, 11) is 0. The molecule has 0 aliphatic heterocycles. The van der Waals surface area contributed by atoms with Gasteiger partial charge >= 0.3 is 0 Å². The van der Waals surface area contributed by atoms with Gasteiger partial charge in [-0.05, 0) is 36.2 Å². The lowest BCUT2D eigenvalue weighted by atomic mass is 10.2. The molecule has 0 bridgehead atoms. The first-order chi connectivity index (χ1) is 9.15. The lowest BCUT2D eigenvalue weighted by Crippen LogP contribution is -2.21. The van der Waals surface area contributed by atoms with Gasteiger partial charge in [0.05, 0.1) is 12.2 Å². The highest BCUT2D eigenvalue weighted by atomic mass is 79.9. The molecule has 4 heteroatoms. The van der Waals surface area contributed by atoms with E-state index in [-0.39, 0.29) is 0 Å². The molecule has 19 heavy (non-hydrogen) atoms. The zero-order valence-corrected chi connectivity index (χ0v) is 13.0. The Labute approximate surface area is 123 Å². The maximum Gasteiger partial charge on any atom is 0.0663 e. The van der Waals surface area contributed by atoms with Crippen molar-refractivity contribution in [2.45, 2.75) is 26.9 Å². The number of rotatable bonds is 6. The topological polar surface area (TPSA) is 29.9 Å². The van der Waals surface area contributed by atoms with E-state index in [2.05, 4.69) is 69.1 Å². The van der Waals surface area contributed by atoms with Crippen molar-refractivity contribution in [2.75, 3.05) is 6.54 Å². The lowest BCUT2D eigenvalue weighted by Gasteiger charge is -2.10. The van der Waals surface area contributed by atoms with Gasteiger partial charge in [-0.3, -0.25) is 4.68 Å². The summed E-state index contributed by atoms with van der Waals surface area (Å²) >= 11 is 3.50. The van der Waals surface area contributed by atoms with Gasteiger partial charge in [-0.25, -0.2) is 0 Å². The number of hydrogen-bond acceptors (Lipinski definition) is 2. The Bertz CT molecular complexity index is 520. The summed E-state index contributed by atoms with van der Waals surface area (Å²) in [6.07, 6.45) is 1.87. The third kappa shape index (κ3) is 4.48. The van der Waals surface area contributed by atoms with Gasteiger partial charge < -0.3 is 5.32 Å². The summed E-state index contributed by atoms with van der Waals surface area (Å²) in [6, 6.07) is 10.4. The van der Waals surface area contributed by atoms with Crippen molar-refractivity contribution in [3.63, 3.8) is 0 Å². The minimum absolute atomic E-state index is 0.668. The van der Waals surface area contributed by atoms with Crippen LogP contribution in [-0.4, -0.2) is 16.3 Å². The Morgan fingerprint density at radius 3 is 2.89 bits per heavy atom. The van der Waals surface area contributed by atoms with Gasteiger partial charge in [-0.2, -0.15) is 5.10 Å². The quantitative estimate of drug-likeness (QED) is 0.883. The highest BCUT2D eigenvalue weighted by Gasteiger charge is 2.04. The monoisotopic (exact) mass is 321 g/mol. The highest BCUT2D eigenvalue weighted by molar-refractivity contribution is 9.10. The predicted molar refractivity (Wildman–Crippen MR) is 82.0 cm³/mol. The van der Waals surface area contributed by atoms with Crippen LogP contribution in [0.15, 0.2) is 41.0 Å². The van der Waals surface area contributed by atoms with E-state index in [0.29, 0.717) is 5.92 Å². The lowest BCUT2D eigenvalue weighted by molar-refractivity contribution is 0.529. The van der Waals surface area contributed by atoms with Gasteiger partial charge in [0.15, 0.2) is 0 Å². The molecule has 0 saturated heterocycles. The Balaban J connectivity index is 1.99. The molecule has 2 rings (SSSR count). The predicted octanol–water partition coefficient (Wildman–Crippen LogP) is 3.44. The normalized spacial score (nSPS) is 11.2. The van der Waals surface area contributed by atoms with Crippen LogP contribution in [0.4, 0.5) is 0 Å². The molecule has 0 unspecified atom stereocenters. The largest absolute Gasteiger partial charge is 0.311 e. The molecule has 0 atom stereocenters. The van der Waals surface area contributed by atoms with Crippen molar-refractivity contribution < 1.29 is 0 Å². The van der Waals surface area contributed by atoms with Crippen LogP contribution in [0.2, 0.25) is 0 Å². The van der Waals surface area contributed by atoms with E-state index in [0.717, 1.165) is 24.1 Å². The summed E-state index contributed by atoms with van der Waals surface area (Å²) in [5.41, 5.74) is 2.48. The van der Waals surface area contributed by atoms with Gasteiger partial charge in [0, 0.05) is 17.2 Å². The van der Waals surface area contributed by atoms with Gasteiger partial charge in [-0.15, -0.1) is 0 Å². The third-order valence-electron chi connectivity index (χ3n) is 2.88. The van der Waals surface area contributed by atoms with E-state index in [1.807, 2.05) is 12.3 Å². The summed E-state index contributed by atoms with van der Waals surface area (Å²) in [5, 5.41) is 7.85. The third-order valence-corrected chi connectivity index (χ3v) is 3.38. The number of nitrogens with one attached hydrogen (secondary N) is 1. The minimum atomic E-state index is 0.668. The van der Waals surface area contributed by atoms with Crippen LogP contribution in [0.5, 0.6) is 0 Å². The molecular weight excluding hydrogens is 302 g/mol. The summed E-state index contributed by atoms with van der Waals surface area (Å²) in [6.45, 7) is 7.14. The van der Waals surface area contributed by atoms with Crippen LogP contribution in [0.3, 0.4) is 0 Å². The van der Waals surface area contributed by atoms with Crippen molar-refractivity contribution >= 4 is 15.9 Å². The van der Waals surface area contributed by atoms with E-state index in [1.165, 1.54) is 11.3 Å². The molecule has 0 spiro atoms. The second-order valence-electron chi connectivity index (χ2n) is 5.13. The Kier molecular flexibility index (Phi) is 5.16. The molecule has 1 aromatic heterocycles. The first kappa shape index (κ1) is 14.3. The molecular formula is C15H20BrN3. The van der Waals surface area contributed by atoms with Gasteiger partial charge in [0.1, 0.15) is 0 Å². The van der Waals surface area contributed by atoms with Crippen LogP contribution in [-0.2, 0) is 13.1 Å². The zero-order valence-electron chi connectivity index (χ0n) is 11.4. The van der Waals surface area contributed by atoms with Gasteiger partial charge in [0.25, 0.3) is 0 Å². The van der Waals surface area contributed by atoms with Crippen molar-refractivity contribution in [2.24, 2.45) is 5.92 Å². The molecule has 0 saturated carbocycles. The molecule has 0 aliphatic carbocycles. The molecule has 1 heterocycles. The Morgan fingerprint density at radius 1 is 1.32 bits per heavy atom. The van der Waals surface area contributed by atoms with Crippen LogP contribution in [0.25, 0.3) is 0 Å². The number of nitrogens with zero attached hydrogens (tertiary/aromatic N) is 2. The number of halogens is 1. The molecule has 0 amide bonds. The summed E-state index contributed by atoms with van der Waals surface area (Å²) in [5.74, 6) is 0.668. The van der Waals surface area contributed by atoms with E-state index in [9.17, 15) is 0 Å². The maximum atomic E-state index is 4.40. The van der Waals surface area contributed by atoms with Crippen LogP contribution in [0.1, 0.15) is 25.1 Å². The van der Waals surface area contributed by atoms with E-state index >= 15 is 0 Å². The molecule has 2 aromatic rings. The fourth-order valence-corrected chi connectivity index (χ4v) is 2.40. The number of hydrogen-bond donors (Lipinski definition) is 1. The minimum Gasteiger partial charge on any atom is -0.311 e. The summed E-state index contributed by atoms with van der Waals surface area (Å²) < 4.78 is 3.16. The smallest absolute Gasteiger partial charge is 0.0663 e. The van der Waals surface area contributed by atoms with E-state index in [1.54, 1.807) is 0 Å². The zero-order chi connectivity index (χ0) is 13.7. The molecule has 0 radical (unpaired) electrons. The average molecular weight is 322 g/mol. The van der Waals surface area contributed by atoms with E-state index < -0.39 is 0 Å². The molecule has 1 aromatic carbocycles. The highest BCUT2D eigenvalue weighted by Crippen LogP contribution is 2.13. The van der Waals surface area contributed by atoms with E-state index in [4.69, 9.17) is 0 Å². The maximum absolute atomic E-state index is 4.40.